The van der Waals surface area contributed by atoms with E-state index in [1.54, 1.807) is 6.07 Å². The van der Waals surface area contributed by atoms with Crippen LogP contribution in [0.2, 0.25) is 0 Å². The van der Waals surface area contributed by atoms with E-state index in [-0.39, 0.29) is 0 Å². The molecule has 2 unspecified atom stereocenters. The van der Waals surface area contributed by atoms with Gasteiger partial charge in [-0.1, -0.05) is 52.3 Å². The third kappa shape index (κ3) is 8.90. The van der Waals surface area contributed by atoms with Crippen LogP contribution >= 0.6 is 15.9 Å². The Morgan fingerprint density at radius 2 is 1.41 bits per heavy atom. The summed E-state index contributed by atoms with van der Waals surface area (Å²) in [6.07, 6.45) is -2.31. The van der Waals surface area contributed by atoms with Crippen LogP contribution in [0, 0.1) is 0 Å². The van der Waals surface area contributed by atoms with Crippen molar-refractivity contribution < 1.29 is 35.1 Å². The number of aliphatic carboxylic acids is 2. The molecule has 34 heavy (non-hydrogen) atoms. The number of phenols is 1. The van der Waals surface area contributed by atoms with Crippen LogP contribution in [0.5, 0.6) is 5.75 Å². The van der Waals surface area contributed by atoms with Crippen molar-refractivity contribution in [2.75, 3.05) is 6.54 Å². The minimum Gasteiger partial charge on any atom is -0.507 e. The molecule has 0 heterocycles. The molecule has 8 nitrogen and oxygen atoms in total. The van der Waals surface area contributed by atoms with Gasteiger partial charge in [-0.05, 0) is 57.0 Å². The van der Waals surface area contributed by atoms with Gasteiger partial charge >= 0.3 is 11.9 Å². The highest BCUT2D eigenvalue weighted by Gasteiger charge is 2.29. The van der Waals surface area contributed by atoms with E-state index in [0.717, 1.165) is 27.7 Å². The second-order valence-corrected chi connectivity index (χ2v) is 9.01. The van der Waals surface area contributed by atoms with Crippen molar-refractivity contribution in [3.05, 3.63) is 70.2 Å². The largest absolute Gasteiger partial charge is 0.507 e. The Hall–Kier alpha value is -2.72. The van der Waals surface area contributed by atoms with E-state index >= 15 is 0 Å². The maximum atomic E-state index is 10.4. The van der Waals surface area contributed by atoms with Gasteiger partial charge in [-0.25, -0.2) is 9.59 Å². The second-order valence-electron chi connectivity index (χ2n) is 8.10. The molecular formula is C25H32BrNO7. The van der Waals surface area contributed by atoms with Gasteiger partial charge in [0.1, 0.15) is 5.75 Å². The van der Waals surface area contributed by atoms with E-state index in [2.05, 4.69) is 66.7 Å². The van der Waals surface area contributed by atoms with Gasteiger partial charge in [0.2, 0.25) is 0 Å². The lowest BCUT2D eigenvalue weighted by Gasteiger charge is -2.29. The number of carbonyl (C=O) groups is 2. The average Bonchev–Trinajstić information content (AvgIpc) is 2.78. The van der Waals surface area contributed by atoms with Crippen molar-refractivity contribution in [2.24, 2.45) is 0 Å². The fraction of sp³-hybridized carbons (Fsp3) is 0.360. The molecule has 0 saturated heterocycles. The van der Waals surface area contributed by atoms with E-state index < -0.39 is 24.1 Å². The first kappa shape index (κ1) is 29.3. The smallest absolute Gasteiger partial charge is 0.335 e. The third-order valence-electron chi connectivity index (χ3n) is 4.97. The van der Waals surface area contributed by atoms with Gasteiger partial charge in [0.05, 0.1) is 0 Å². The number of rotatable bonds is 9. The fourth-order valence-electron chi connectivity index (χ4n) is 3.21. The number of aliphatic hydroxyl groups is 2. The fourth-order valence-corrected chi connectivity index (χ4v) is 3.57. The quantitative estimate of drug-likeness (QED) is 0.327. The lowest BCUT2D eigenvalue weighted by atomic mass is 9.96. The van der Waals surface area contributed by atoms with Crippen LogP contribution in [-0.4, -0.2) is 73.2 Å². The Balaban J connectivity index is 0.000000489. The molecule has 2 atom stereocenters. The van der Waals surface area contributed by atoms with E-state index in [4.69, 9.17) is 20.4 Å². The Labute approximate surface area is 207 Å². The number of nitrogens with zero attached hydrogens (tertiary/aromatic N) is 1. The first-order chi connectivity index (χ1) is 15.9. The summed E-state index contributed by atoms with van der Waals surface area (Å²) in [5.74, 6) is -3.24. The standard InChI is InChI=1S/C21H26BrNO.C4H6O6/c1-15(2)23(16(3)4)13-12-19(17-8-6-5-7-9-17)20-14-18(22)10-11-21(20)24;5-1(3(7)8)2(6)4(9)10/h5-12,14-16,24H,13H2,1-4H3;1-2,5-6H,(H,7,8)(H,9,10). The molecule has 0 radical (unpaired) electrons. The zero-order valence-electron chi connectivity index (χ0n) is 19.6. The zero-order valence-corrected chi connectivity index (χ0v) is 21.2. The molecule has 0 fully saturated rings. The topological polar surface area (TPSA) is 139 Å². The molecule has 9 heteroatoms. The number of phenolic OH excluding ortho intramolecular Hbond substituents is 1. The van der Waals surface area contributed by atoms with E-state index in [0.29, 0.717) is 17.8 Å². The predicted molar refractivity (Wildman–Crippen MR) is 134 cm³/mol. The second kappa shape index (κ2) is 13.9. The molecule has 0 aromatic heterocycles. The summed E-state index contributed by atoms with van der Waals surface area (Å²) in [6, 6.07) is 16.7. The molecule has 0 saturated carbocycles. The Bertz CT molecular complexity index is 950. The number of carboxylic acid groups (broad SMARTS) is 2. The number of carboxylic acids is 2. The first-order valence-electron chi connectivity index (χ1n) is 10.7. The van der Waals surface area contributed by atoms with Gasteiger partial charge < -0.3 is 25.5 Å². The molecule has 2 aromatic carbocycles. The van der Waals surface area contributed by atoms with Gasteiger partial charge in [0.15, 0.2) is 12.2 Å². The van der Waals surface area contributed by atoms with Gasteiger partial charge in [-0.15, -0.1) is 0 Å². The highest BCUT2D eigenvalue weighted by atomic mass is 79.9. The summed E-state index contributed by atoms with van der Waals surface area (Å²) in [4.78, 5) is 22.0. The zero-order chi connectivity index (χ0) is 26.0. The van der Waals surface area contributed by atoms with Gasteiger partial charge in [0.25, 0.3) is 0 Å². The molecule has 0 aliphatic carbocycles. The number of halogens is 1. The number of aliphatic hydroxyl groups excluding tert-OH is 2. The summed E-state index contributed by atoms with van der Waals surface area (Å²) in [6.45, 7) is 9.70. The molecule has 0 amide bonds. The molecule has 186 valence electrons. The van der Waals surface area contributed by atoms with Crippen LogP contribution in [0.15, 0.2) is 59.1 Å². The van der Waals surface area contributed by atoms with Gasteiger partial charge in [-0.3, -0.25) is 4.90 Å². The Kier molecular flexibility index (Phi) is 11.9. The lowest BCUT2D eigenvalue weighted by molar-refractivity contribution is -0.165. The van der Waals surface area contributed by atoms with Crippen LogP contribution < -0.4 is 0 Å². The lowest BCUT2D eigenvalue weighted by Crippen LogP contribution is -2.39. The van der Waals surface area contributed by atoms with Crippen LogP contribution in [0.1, 0.15) is 38.8 Å². The normalized spacial score (nSPS) is 13.4. The van der Waals surface area contributed by atoms with Crippen molar-refractivity contribution in [1.29, 1.82) is 0 Å². The maximum Gasteiger partial charge on any atom is 0.335 e. The summed E-state index contributed by atoms with van der Waals surface area (Å²) < 4.78 is 0.960. The first-order valence-corrected chi connectivity index (χ1v) is 11.5. The number of aromatic hydroxyl groups is 1. The number of hydrogen-bond acceptors (Lipinski definition) is 6. The molecule has 2 aromatic rings. The monoisotopic (exact) mass is 537 g/mol. The Morgan fingerprint density at radius 3 is 1.85 bits per heavy atom. The van der Waals surface area contributed by atoms with E-state index in [1.165, 1.54) is 0 Å². The predicted octanol–water partition coefficient (Wildman–Crippen LogP) is 3.58. The van der Waals surface area contributed by atoms with Crippen LogP contribution in [0.4, 0.5) is 0 Å². The SMILES string of the molecule is CC(C)N(CC=C(c1ccccc1)c1cc(Br)ccc1O)C(C)C.O=C(O)C(O)C(O)C(=O)O. The highest BCUT2D eigenvalue weighted by molar-refractivity contribution is 9.10. The molecule has 0 bridgehead atoms. The number of benzene rings is 2. The molecular weight excluding hydrogens is 506 g/mol. The highest BCUT2D eigenvalue weighted by Crippen LogP contribution is 2.32. The van der Waals surface area contributed by atoms with Crippen molar-refractivity contribution in [1.82, 2.24) is 4.90 Å². The van der Waals surface area contributed by atoms with Crippen LogP contribution in [0.3, 0.4) is 0 Å². The van der Waals surface area contributed by atoms with Crippen molar-refractivity contribution in [3.8, 4) is 5.75 Å². The van der Waals surface area contributed by atoms with Crippen molar-refractivity contribution in [2.45, 2.75) is 52.0 Å². The van der Waals surface area contributed by atoms with Crippen molar-refractivity contribution >= 4 is 33.4 Å². The Morgan fingerprint density at radius 1 is 0.912 bits per heavy atom. The van der Waals surface area contributed by atoms with Crippen LogP contribution in [-0.2, 0) is 9.59 Å². The van der Waals surface area contributed by atoms with Gasteiger partial charge in [-0.2, -0.15) is 0 Å². The maximum absolute atomic E-state index is 10.4. The third-order valence-corrected chi connectivity index (χ3v) is 5.46. The summed E-state index contributed by atoms with van der Waals surface area (Å²) >= 11 is 3.51. The van der Waals surface area contributed by atoms with Crippen molar-refractivity contribution in [3.63, 3.8) is 0 Å². The minimum absolute atomic E-state index is 0.300. The molecule has 0 aliphatic heterocycles. The summed E-state index contributed by atoms with van der Waals surface area (Å²) in [7, 11) is 0. The summed E-state index contributed by atoms with van der Waals surface area (Å²) in [5.41, 5.74) is 3.02. The molecule has 0 aliphatic rings. The molecule has 5 N–H and O–H groups in total. The average molecular weight is 538 g/mol. The van der Waals surface area contributed by atoms with E-state index in [1.807, 2.05) is 30.3 Å². The van der Waals surface area contributed by atoms with Crippen LogP contribution in [0.25, 0.3) is 5.57 Å². The minimum atomic E-state index is -2.27. The number of hydrogen-bond donors (Lipinski definition) is 5. The molecule has 0 spiro atoms. The summed E-state index contributed by atoms with van der Waals surface area (Å²) in [5, 5.41) is 42.9. The van der Waals surface area contributed by atoms with Gasteiger partial charge in [0, 0.05) is 28.7 Å². The van der Waals surface area contributed by atoms with E-state index in [9.17, 15) is 14.7 Å². The molecule has 2 rings (SSSR count).